The molecule has 0 bridgehead atoms. The highest BCUT2D eigenvalue weighted by Gasteiger charge is 2.30. The van der Waals surface area contributed by atoms with Crippen molar-refractivity contribution in [3.63, 3.8) is 0 Å². The summed E-state index contributed by atoms with van der Waals surface area (Å²) in [5.74, 6) is -2.22. The zero-order valence-electron chi connectivity index (χ0n) is 64.3. The summed E-state index contributed by atoms with van der Waals surface area (Å²) in [7, 11) is -9.97. The van der Waals surface area contributed by atoms with Gasteiger partial charge < -0.3 is 33.8 Å². The molecule has 5 unspecified atom stereocenters. The Balaban J connectivity index is 5.38. The summed E-state index contributed by atoms with van der Waals surface area (Å²) in [6.45, 7) is 4.61. The molecule has 0 rings (SSSR count). The van der Waals surface area contributed by atoms with Gasteiger partial charge in [0.15, 0.2) is 12.2 Å². The number of ether oxygens (including phenoxy) is 4. The number of rotatable bonds is 75. The highest BCUT2D eigenvalue weighted by molar-refractivity contribution is 7.47. The van der Waals surface area contributed by atoms with Crippen LogP contribution in [0.5, 0.6) is 0 Å². The minimum atomic E-state index is -4.98. The van der Waals surface area contributed by atoms with Crippen molar-refractivity contribution in [2.45, 2.75) is 354 Å². The fourth-order valence-corrected chi connectivity index (χ4v) is 12.2. The Morgan fingerprint density at radius 1 is 0.284 bits per heavy atom. The molecule has 0 aromatic heterocycles. The van der Waals surface area contributed by atoms with E-state index in [2.05, 4.69) is 137 Å². The molecule has 0 heterocycles. The Labute approximate surface area is 619 Å². The maximum Gasteiger partial charge on any atom is 0.472 e. The predicted octanol–water partition coefficient (Wildman–Crippen LogP) is 23.3. The lowest BCUT2D eigenvalue weighted by Crippen LogP contribution is -2.30. The van der Waals surface area contributed by atoms with E-state index in [0.717, 1.165) is 167 Å². The third-order valence-corrected chi connectivity index (χ3v) is 18.6. The average Bonchev–Trinajstić information content (AvgIpc) is 0.924. The van der Waals surface area contributed by atoms with Gasteiger partial charge >= 0.3 is 39.5 Å². The number of esters is 4. The van der Waals surface area contributed by atoms with Gasteiger partial charge in [0.25, 0.3) is 0 Å². The van der Waals surface area contributed by atoms with Crippen LogP contribution in [0.15, 0.2) is 109 Å². The Morgan fingerprint density at radius 3 is 0.814 bits per heavy atom. The predicted molar refractivity (Wildman–Crippen MR) is 418 cm³/mol. The molecule has 0 amide bonds. The molecule has 0 saturated carbocycles. The fraction of sp³-hybridized carbons (Fsp3) is 0.735. The standard InChI is InChI=1S/C83H144O17P2/c1-5-9-13-17-21-25-29-33-36-37-38-39-42-45-48-52-56-60-64-68-81(86)94-74-79(100-83(88)70-66-62-58-54-50-46-41-35-31-27-23-19-15-11-7-3)76-98-102(91,92)96-72-77(84)71-95-101(89,90)97-75-78(99-82(87)69-65-61-57-53-49-43-32-28-24-20-16-12-8-4)73-93-80(85)67-63-59-55-51-47-44-40-34-30-26-22-18-14-10-6-2/h9-10,13-14,21-22,25-26,28,32-34,36,38-40,45,48,77-79,84H,5-8,11-12,15-20,23-24,27,29-31,35,37,41-44,46-47,49-76H2,1-4H3,(H,89,90)(H,91,92)/b13-9-,14-10-,25-21-,26-22-,32-28-,36-33-,39-38-,40-34-,48-45-. The number of unbranched alkanes of at least 4 members (excludes halogenated alkanes) is 31. The number of carbonyl (C=O) groups is 4. The van der Waals surface area contributed by atoms with Crippen LogP contribution in [0.2, 0.25) is 0 Å². The third kappa shape index (κ3) is 74.0. The van der Waals surface area contributed by atoms with Crippen LogP contribution in [0.1, 0.15) is 336 Å². The van der Waals surface area contributed by atoms with Gasteiger partial charge in [-0.2, -0.15) is 0 Å². The summed E-state index contributed by atoms with van der Waals surface area (Å²) < 4.78 is 68.6. The minimum Gasteiger partial charge on any atom is -0.462 e. The first-order chi connectivity index (χ1) is 49.7. The number of aliphatic hydroxyl groups is 1. The summed E-state index contributed by atoms with van der Waals surface area (Å²) in [5.41, 5.74) is 0. The largest absolute Gasteiger partial charge is 0.472 e. The van der Waals surface area contributed by atoms with E-state index in [1.807, 2.05) is 0 Å². The van der Waals surface area contributed by atoms with Crippen molar-refractivity contribution in [1.82, 2.24) is 0 Å². The van der Waals surface area contributed by atoms with E-state index in [1.54, 1.807) is 0 Å². The topological polar surface area (TPSA) is 237 Å². The number of phosphoric acid groups is 2. The monoisotopic (exact) mass is 1470 g/mol. The Kier molecular flexibility index (Phi) is 71.8. The first-order valence-corrected chi connectivity index (χ1v) is 43.1. The van der Waals surface area contributed by atoms with Crippen LogP contribution in [0, 0.1) is 0 Å². The summed E-state index contributed by atoms with van der Waals surface area (Å²) in [6.07, 6.45) is 80.6. The van der Waals surface area contributed by atoms with E-state index in [9.17, 15) is 43.2 Å². The van der Waals surface area contributed by atoms with Gasteiger partial charge in [0.05, 0.1) is 26.4 Å². The van der Waals surface area contributed by atoms with Crippen molar-refractivity contribution in [3.8, 4) is 0 Å². The van der Waals surface area contributed by atoms with Crippen LogP contribution in [0.25, 0.3) is 0 Å². The van der Waals surface area contributed by atoms with E-state index < -0.39 is 97.5 Å². The van der Waals surface area contributed by atoms with Crippen molar-refractivity contribution >= 4 is 39.5 Å². The van der Waals surface area contributed by atoms with E-state index in [-0.39, 0.29) is 25.7 Å². The molecule has 102 heavy (non-hydrogen) atoms. The first-order valence-electron chi connectivity index (χ1n) is 40.1. The lowest BCUT2D eigenvalue weighted by molar-refractivity contribution is -0.161. The molecule has 588 valence electrons. The van der Waals surface area contributed by atoms with Crippen LogP contribution in [0.4, 0.5) is 0 Å². The van der Waals surface area contributed by atoms with Gasteiger partial charge in [-0.05, 0) is 128 Å². The summed E-state index contributed by atoms with van der Waals surface area (Å²) in [5, 5.41) is 10.6. The Morgan fingerprint density at radius 2 is 0.510 bits per heavy atom. The van der Waals surface area contributed by atoms with Crippen LogP contribution < -0.4 is 0 Å². The number of allylic oxidation sites excluding steroid dienone is 18. The molecule has 0 fully saturated rings. The molecule has 3 N–H and O–H groups in total. The molecule has 0 aliphatic carbocycles. The Bertz CT molecular complexity index is 2360. The number of aliphatic hydroxyl groups excluding tert-OH is 1. The molecule has 0 radical (unpaired) electrons. The van der Waals surface area contributed by atoms with Gasteiger partial charge in [-0.3, -0.25) is 37.3 Å². The van der Waals surface area contributed by atoms with E-state index in [0.29, 0.717) is 25.7 Å². The molecule has 19 heteroatoms. The van der Waals surface area contributed by atoms with Crippen LogP contribution >= 0.6 is 15.6 Å². The van der Waals surface area contributed by atoms with Gasteiger partial charge in [-0.25, -0.2) is 9.13 Å². The maximum atomic E-state index is 13.1. The summed E-state index contributed by atoms with van der Waals surface area (Å²) in [6, 6.07) is 0. The van der Waals surface area contributed by atoms with Gasteiger partial charge in [-0.1, -0.05) is 291 Å². The average molecular weight is 1480 g/mol. The molecule has 0 aromatic rings. The SMILES string of the molecule is CC/C=C\C/C=C\C/C=C\C/C=C\C/C=C\CCCCCC(=O)OCC(COP(=O)(O)OCC(O)COP(=O)(O)OCC(COC(=O)CCCCCCC/C=C\C/C=C\C/C=C\CC)OC(=O)CCCCCCC/C=C\CCCCCC)OC(=O)CCCCCCCCCCCCCCCCC. The third-order valence-electron chi connectivity index (χ3n) is 16.7. The van der Waals surface area contributed by atoms with E-state index >= 15 is 0 Å². The van der Waals surface area contributed by atoms with Crippen molar-refractivity contribution in [1.29, 1.82) is 0 Å². The van der Waals surface area contributed by atoms with Gasteiger partial charge in [0.2, 0.25) is 0 Å². The second kappa shape index (κ2) is 75.0. The Hall–Kier alpha value is -4.28. The number of hydrogen-bond donors (Lipinski definition) is 3. The second-order valence-electron chi connectivity index (χ2n) is 26.6. The fourth-order valence-electron chi connectivity index (χ4n) is 10.7. The van der Waals surface area contributed by atoms with Crippen molar-refractivity contribution in [2.75, 3.05) is 39.6 Å². The van der Waals surface area contributed by atoms with E-state index in [1.165, 1.54) is 89.9 Å². The van der Waals surface area contributed by atoms with Gasteiger partial charge in [0.1, 0.15) is 19.3 Å². The number of carbonyl (C=O) groups excluding carboxylic acids is 4. The lowest BCUT2D eigenvalue weighted by atomic mass is 10.0. The molecule has 0 aliphatic heterocycles. The number of hydrogen-bond acceptors (Lipinski definition) is 15. The molecular weight excluding hydrogens is 1330 g/mol. The first kappa shape index (κ1) is 97.7. The minimum absolute atomic E-state index is 0.0803. The van der Waals surface area contributed by atoms with Gasteiger partial charge in [-0.15, -0.1) is 0 Å². The molecular formula is C83H144O17P2. The zero-order chi connectivity index (χ0) is 74.6. The number of phosphoric ester groups is 2. The molecule has 5 atom stereocenters. The summed E-state index contributed by atoms with van der Waals surface area (Å²) >= 11 is 0. The van der Waals surface area contributed by atoms with Crippen molar-refractivity contribution in [3.05, 3.63) is 109 Å². The van der Waals surface area contributed by atoms with E-state index in [4.69, 9.17) is 37.0 Å². The highest BCUT2D eigenvalue weighted by Crippen LogP contribution is 2.45. The lowest BCUT2D eigenvalue weighted by Gasteiger charge is -2.21. The molecule has 17 nitrogen and oxygen atoms in total. The van der Waals surface area contributed by atoms with Crippen LogP contribution in [-0.4, -0.2) is 96.7 Å². The van der Waals surface area contributed by atoms with Crippen molar-refractivity contribution < 1.29 is 80.2 Å². The smallest absolute Gasteiger partial charge is 0.462 e. The van der Waals surface area contributed by atoms with Crippen molar-refractivity contribution in [2.24, 2.45) is 0 Å². The molecule has 0 spiro atoms. The zero-order valence-corrected chi connectivity index (χ0v) is 66.0. The van der Waals surface area contributed by atoms with Crippen LogP contribution in [-0.2, 0) is 65.4 Å². The maximum absolute atomic E-state index is 13.1. The molecule has 0 saturated heterocycles. The summed E-state index contributed by atoms with van der Waals surface area (Å²) in [4.78, 5) is 73.0. The van der Waals surface area contributed by atoms with Gasteiger partial charge in [0, 0.05) is 25.7 Å². The van der Waals surface area contributed by atoms with Crippen LogP contribution in [0.3, 0.4) is 0 Å². The highest BCUT2D eigenvalue weighted by atomic mass is 31.2. The molecule has 0 aliphatic rings. The normalized spacial score (nSPS) is 14.5. The second-order valence-corrected chi connectivity index (χ2v) is 29.5. The molecule has 0 aromatic carbocycles. The quantitative estimate of drug-likeness (QED) is 0.0169.